The minimum Gasteiger partial charge on any atom is -0.323 e. The first-order valence-electron chi connectivity index (χ1n) is 13.3. The van der Waals surface area contributed by atoms with E-state index in [0.717, 1.165) is 0 Å². The molecule has 0 saturated heterocycles. The standard InChI is InChI=1S/C28H23ClF3N9O2/c1-15-4-2-7-21(16-5-3-6-17(10-16)26-20(36-27(15)43)12-35-41(26)28(31)32)39-13-33-19(11-23(39)42)24-22(40-14-34-37-38-40)9-8-18(29)25(24)30/h3,5-6,8-15,21,28H,2,4,7H2,1H3,(H,36,43). The number of benzene rings is 2. The molecule has 1 amide bonds. The molecule has 15 heteroatoms. The van der Waals surface area contributed by atoms with Crippen molar-refractivity contribution in [2.75, 3.05) is 5.32 Å². The third-order valence-corrected chi connectivity index (χ3v) is 7.73. The van der Waals surface area contributed by atoms with E-state index >= 15 is 4.39 Å². The summed E-state index contributed by atoms with van der Waals surface area (Å²) in [6.45, 7) is -1.20. The number of fused-ring (bicyclic) bond motifs is 4. The van der Waals surface area contributed by atoms with Crippen molar-refractivity contribution in [2.24, 2.45) is 5.92 Å². The fourth-order valence-corrected chi connectivity index (χ4v) is 5.44. The molecule has 0 saturated carbocycles. The van der Waals surface area contributed by atoms with E-state index in [1.807, 2.05) is 0 Å². The van der Waals surface area contributed by atoms with Crippen LogP contribution in [0.3, 0.4) is 0 Å². The molecule has 220 valence electrons. The molecular weight excluding hydrogens is 587 g/mol. The maximum Gasteiger partial charge on any atom is 0.333 e. The highest BCUT2D eigenvalue weighted by Gasteiger charge is 2.26. The minimum absolute atomic E-state index is 0.0180. The quantitative estimate of drug-likeness (QED) is 0.294. The summed E-state index contributed by atoms with van der Waals surface area (Å²) < 4.78 is 46.3. The summed E-state index contributed by atoms with van der Waals surface area (Å²) in [5.41, 5.74) is 0.952. The summed E-state index contributed by atoms with van der Waals surface area (Å²) in [7, 11) is 0. The van der Waals surface area contributed by atoms with Gasteiger partial charge < -0.3 is 5.32 Å². The topological polar surface area (TPSA) is 125 Å². The van der Waals surface area contributed by atoms with Crippen LogP contribution in [0.4, 0.5) is 18.9 Å². The Labute approximate surface area is 246 Å². The van der Waals surface area contributed by atoms with Crippen LogP contribution in [0, 0.1) is 11.7 Å². The average molecular weight is 610 g/mol. The first kappa shape index (κ1) is 28.3. The lowest BCUT2D eigenvalue weighted by Crippen LogP contribution is -2.26. The van der Waals surface area contributed by atoms with E-state index in [0.29, 0.717) is 35.1 Å². The molecule has 3 aromatic heterocycles. The van der Waals surface area contributed by atoms with Crippen molar-refractivity contribution in [2.45, 2.75) is 38.8 Å². The molecule has 2 unspecified atom stereocenters. The average Bonchev–Trinajstić information content (AvgIpc) is 3.67. The van der Waals surface area contributed by atoms with Crippen molar-refractivity contribution in [1.29, 1.82) is 0 Å². The van der Waals surface area contributed by atoms with Gasteiger partial charge in [0.2, 0.25) is 5.91 Å². The van der Waals surface area contributed by atoms with Gasteiger partial charge in [0.1, 0.15) is 6.33 Å². The number of carbonyl (C=O) groups is 1. The normalized spacial score (nSPS) is 17.2. The number of halogens is 4. The number of nitrogens with one attached hydrogen (secondary N) is 1. The summed E-state index contributed by atoms with van der Waals surface area (Å²) in [5, 5.41) is 17.4. The van der Waals surface area contributed by atoms with Gasteiger partial charge in [-0.05, 0) is 47.0 Å². The molecule has 11 nitrogen and oxygen atoms in total. The molecule has 0 aliphatic carbocycles. The Morgan fingerprint density at radius 2 is 1.93 bits per heavy atom. The van der Waals surface area contributed by atoms with Gasteiger partial charge in [0.25, 0.3) is 5.56 Å². The van der Waals surface area contributed by atoms with E-state index in [1.165, 1.54) is 46.3 Å². The molecule has 0 radical (unpaired) electrons. The molecule has 0 fully saturated rings. The molecule has 1 aliphatic rings. The molecule has 2 aromatic carbocycles. The zero-order valence-electron chi connectivity index (χ0n) is 22.5. The van der Waals surface area contributed by atoms with Crippen LogP contribution in [0.15, 0.2) is 66.1 Å². The fraction of sp³-hybridized carbons (Fsp3) is 0.250. The summed E-state index contributed by atoms with van der Waals surface area (Å²) in [6.07, 6.45) is 5.27. The molecule has 1 N–H and O–H groups in total. The number of alkyl halides is 2. The van der Waals surface area contributed by atoms with Gasteiger partial charge in [-0.1, -0.05) is 43.1 Å². The van der Waals surface area contributed by atoms with Crippen molar-refractivity contribution in [1.82, 2.24) is 39.5 Å². The van der Waals surface area contributed by atoms with Crippen LogP contribution in [0.5, 0.6) is 0 Å². The van der Waals surface area contributed by atoms with Gasteiger partial charge in [-0.3, -0.25) is 14.2 Å². The highest BCUT2D eigenvalue weighted by atomic mass is 35.5. The Balaban J connectivity index is 1.47. The summed E-state index contributed by atoms with van der Waals surface area (Å²) >= 11 is 6.07. The van der Waals surface area contributed by atoms with Gasteiger partial charge in [-0.2, -0.15) is 18.6 Å². The lowest BCUT2D eigenvalue weighted by atomic mass is 9.94. The molecule has 6 rings (SSSR count). The number of amides is 1. The molecular formula is C28H23ClF3N9O2. The molecule has 1 aliphatic heterocycles. The maximum absolute atomic E-state index is 15.3. The number of rotatable bonds is 4. The van der Waals surface area contributed by atoms with Crippen LogP contribution >= 0.6 is 11.6 Å². The first-order valence-corrected chi connectivity index (χ1v) is 13.7. The highest BCUT2D eigenvalue weighted by Crippen LogP contribution is 2.36. The molecule has 43 heavy (non-hydrogen) atoms. The predicted molar refractivity (Wildman–Crippen MR) is 150 cm³/mol. The van der Waals surface area contributed by atoms with Gasteiger partial charge in [0, 0.05) is 17.5 Å². The van der Waals surface area contributed by atoms with Crippen LogP contribution in [-0.4, -0.2) is 45.4 Å². The second-order valence-electron chi connectivity index (χ2n) is 10.1. The van der Waals surface area contributed by atoms with Crippen LogP contribution in [0.1, 0.15) is 44.3 Å². The van der Waals surface area contributed by atoms with E-state index in [-0.39, 0.29) is 39.3 Å². The second kappa shape index (κ2) is 11.4. The zero-order valence-corrected chi connectivity index (χ0v) is 23.3. The molecule has 5 aromatic rings. The number of nitrogens with zero attached hydrogens (tertiary/aromatic N) is 8. The Kier molecular flexibility index (Phi) is 7.52. The van der Waals surface area contributed by atoms with Crippen molar-refractivity contribution >= 4 is 23.2 Å². The number of hydrogen-bond acceptors (Lipinski definition) is 7. The van der Waals surface area contributed by atoms with Crippen molar-refractivity contribution in [3.63, 3.8) is 0 Å². The second-order valence-corrected chi connectivity index (χ2v) is 10.5. The van der Waals surface area contributed by atoms with Gasteiger partial charge in [0.15, 0.2) is 5.82 Å². The van der Waals surface area contributed by atoms with E-state index in [9.17, 15) is 18.4 Å². The summed E-state index contributed by atoms with van der Waals surface area (Å²) in [6, 6.07) is 10.3. The van der Waals surface area contributed by atoms with Crippen molar-refractivity contribution < 1.29 is 18.0 Å². The summed E-state index contributed by atoms with van der Waals surface area (Å²) in [4.78, 5) is 30.9. The SMILES string of the molecule is CC1CCCC(n2cnc(-c3c(-n4cnnn4)ccc(Cl)c3F)cc2=O)c2cccc(c2)-c2c(cnn2C(F)F)NC1=O. The fourth-order valence-electron chi connectivity index (χ4n) is 5.28. The van der Waals surface area contributed by atoms with Gasteiger partial charge in [-0.15, -0.1) is 5.10 Å². The highest BCUT2D eigenvalue weighted by molar-refractivity contribution is 6.31. The largest absolute Gasteiger partial charge is 0.333 e. The Morgan fingerprint density at radius 3 is 2.67 bits per heavy atom. The van der Waals surface area contributed by atoms with E-state index in [4.69, 9.17) is 11.6 Å². The van der Waals surface area contributed by atoms with Crippen LogP contribution in [-0.2, 0) is 4.79 Å². The van der Waals surface area contributed by atoms with Crippen molar-refractivity contribution in [3.8, 4) is 28.2 Å². The molecule has 2 bridgehead atoms. The van der Waals surface area contributed by atoms with Crippen LogP contribution in [0.25, 0.3) is 28.2 Å². The smallest absolute Gasteiger partial charge is 0.323 e. The van der Waals surface area contributed by atoms with Crippen LogP contribution in [0.2, 0.25) is 5.02 Å². The molecule has 4 heterocycles. The molecule has 0 spiro atoms. The van der Waals surface area contributed by atoms with E-state index in [1.54, 1.807) is 31.2 Å². The number of tetrazole rings is 1. The zero-order chi connectivity index (χ0) is 30.2. The van der Waals surface area contributed by atoms with E-state index < -0.39 is 29.9 Å². The third-order valence-electron chi connectivity index (χ3n) is 7.44. The van der Waals surface area contributed by atoms with Crippen LogP contribution < -0.4 is 10.9 Å². The minimum atomic E-state index is -2.95. The van der Waals surface area contributed by atoms with Crippen molar-refractivity contribution in [3.05, 3.63) is 88.1 Å². The van der Waals surface area contributed by atoms with E-state index in [2.05, 4.69) is 30.9 Å². The lowest BCUT2D eigenvalue weighted by molar-refractivity contribution is -0.119. The van der Waals surface area contributed by atoms with Gasteiger partial charge in [-0.25, -0.2) is 14.1 Å². The first-order chi connectivity index (χ1) is 20.7. The maximum atomic E-state index is 15.3. The number of carbonyl (C=O) groups excluding carboxylic acids is 1. The predicted octanol–water partition coefficient (Wildman–Crippen LogP) is 5.29. The Bertz CT molecular complexity index is 1870. The summed E-state index contributed by atoms with van der Waals surface area (Å²) in [5.74, 6) is -1.56. The van der Waals surface area contributed by atoms with Gasteiger partial charge >= 0.3 is 6.55 Å². The molecule has 2 atom stereocenters. The van der Waals surface area contributed by atoms with Gasteiger partial charge in [0.05, 0.1) is 51.9 Å². The Morgan fingerprint density at radius 1 is 1.09 bits per heavy atom. The third kappa shape index (κ3) is 5.29. The lowest BCUT2D eigenvalue weighted by Gasteiger charge is -2.23. The Hall–Kier alpha value is -4.85. The number of aromatic nitrogens is 8. The number of anilines is 1. The monoisotopic (exact) mass is 609 g/mol. The number of hydrogen-bond donors (Lipinski definition) is 1.